The minimum absolute atomic E-state index is 0. The summed E-state index contributed by atoms with van der Waals surface area (Å²) in [5, 5.41) is 0. The van der Waals surface area contributed by atoms with Crippen LogP contribution in [0, 0.1) is 11.8 Å². The Bertz CT molecular complexity index is 586. The van der Waals surface area contributed by atoms with Gasteiger partial charge in [-0.3, -0.25) is 0 Å². The van der Waals surface area contributed by atoms with E-state index >= 15 is 0 Å². The maximum absolute atomic E-state index is 6.25. The van der Waals surface area contributed by atoms with E-state index in [2.05, 4.69) is 37.3 Å². The van der Waals surface area contributed by atoms with E-state index in [1.54, 1.807) is 7.11 Å². The Kier molecular flexibility index (Phi) is 6.45. The molecule has 0 amide bonds. The lowest BCUT2D eigenvalue weighted by molar-refractivity contribution is -0.966. The lowest BCUT2D eigenvalue weighted by Gasteiger charge is -2.43. The van der Waals surface area contributed by atoms with Crippen LogP contribution in [0.3, 0.4) is 0 Å². The highest BCUT2D eigenvalue weighted by Gasteiger charge is 2.71. The number of benzene rings is 1. The van der Waals surface area contributed by atoms with Crippen molar-refractivity contribution in [3.8, 4) is 0 Å². The molecule has 5 atom stereocenters. The molecule has 1 aromatic carbocycles. The van der Waals surface area contributed by atoms with E-state index in [1.165, 1.54) is 35.9 Å². The lowest BCUT2D eigenvalue weighted by atomic mass is 9.83. The second-order valence-electron chi connectivity index (χ2n) is 8.31. The second-order valence-corrected chi connectivity index (χ2v) is 8.31. The standard InChI is InChI=1S/C21H32NO3.BrH/c1-21-18-8-9-19(21)20(25-16-24-13-12-23-2)15-22(21,11-10-18)14-17-6-4-3-5-7-17;/h3-7,18-20H,8-16H2,1-2H3;1H/q+1;/p-1/t18-,19+,20-,21+,22+;/m0./s1. The molecule has 1 aliphatic carbocycles. The van der Waals surface area contributed by atoms with Crippen molar-refractivity contribution in [2.24, 2.45) is 11.8 Å². The molecule has 146 valence electrons. The predicted molar refractivity (Wildman–Crippen MR) is 96.9 cm³/mol. The molecule has 2 aliphatic heterocycles. The zero-order valence-corrected chi connectivity index (χ0v) is 17.6. The number of quaternary nitrogens is 1. The predicted octanol–water partition coefficient (Wildman–Crippen LogP) is 0.215. The molecule has 5 heteroatoms. The third kappa shape index (κ3) is 3.26. The van der Waals surface area contributed by atoms with Gasteiger partial charge in [0.1, 0.15) is 31.5 Å². The highest BCUT2D eigenvalue weighted by molar-refractivity contribution is 5.16. The molecule has 0 spiro atoms. The molecule has 0 aromatic heterocycles. The smallest absolute Gasteiger partial charge is 0.147 e. The molecule has 4 nitrogen and oxygen atoms in total. The van der Waals surface area contributed by atoms with Gasteiger partial charge in [-0.25, -0.2) is 0 Å². The Balaban J connectivity index is 0.00000196. The zero-order valence-electron chi connectivity index (χ0n) is 16.0. The van der Waals surface area contributed by atoms with E-state index in [4.69, 9.17) is 14.2 Å². The summed E-state index contributed by atoms with van der Waals surface area (Å²) in [6.45, 7) is 7.78. The van der Waals surface area contributed by atoms with Gasteiger partial charge in [-0.05, 0) is 19.8 Å². The summed E-state index contributed by atoms with van der Waals surface area (Å²) >= 11 is 0. The molecule has 0 unspecified atom stereocenters. The van der Waals surface area contributed by atoms with Crippen LogP contribution >= 0.6 is 0 Å². The van der Waals surface area contributed by atoms with Gasteiger partial charge in [0, 0.05) is 30.9 Å². The first-order valence-corrected chi connectivity index (χ1v) is 9.78. The number of halogens is 1. The molecule has 0 bridgehead atoms. The fourth-order valence-corrected chi connectivity index (χ4v) is 6.16. The van der Waals surface area contributed by atoms with E-state index in [1.807, 2.05) is 0 Å². The van der Waals surface area contributed by atoms with Crippen LogP contribution in [0.2, 0.25) is 0 Å². The zero-order chi connectivity index (χ0) is 17.3. The van der Waals surface area contributed by atoms with E-state index in [0.29, 0.717) is 37.6 Å². The average Bonchev–Trinajstić information content (AvgIpc) is 3.18. The number of hydrogen-bond acceptors (Lipinski definition) is 3. The van der Waals surface area contributed by atoms with Gasteiger partial charge in [0.2, 0.25) is 0 Å². The maximum atomic E-state index is 6.25. The van der Waals surface area contributed by atoms with Crippen LogP contribution < -0.4 is 17.0 Å². The summed E-state index contributed by atoms with van der Waals surface area (Å²) in [4.78, 5) is 0. The summed E-state index contributed by atoms with van der Waals surface area (Å²) in [5.41, 5.74) is 1.85. The Morgan fingerprint density at radius 3 is 2.69 bits per heavy atom. The minimum atomic E-state index is 0. The van der Waals surface area contributed by atoms with Gasteiger partial charge in [-0.15, -0.1) is 0 Å². The number of nitrogens with zero attached hydrogens (tertiary/aromatic N) is 1. The van der Waals surface area contributed by atoms with E-state index in [9.17, 15) is 0 Å². The first kappa shape index (κ1) is 20.3. The Labute approximate surface area is 168 Å². The Morgan fingerprint density at radius 1 is 1.12 bits per heavy atom. The summed E-state index contributed by atoms with van der Waals surface area (Å²) < 4.78 is 18.1. The molecule has 3 fully saturated rings. The Morgan fingerprint density at radius 2 is 1.92 bits per heavy atom. The van der Waals surface area contributed by atoms with Crippen molar-refractivity contribution < 1.29 is 35.7 Å². The van der Waals surface area contributed by atoms with Gasteiger partial charge >= 0.3 is 0 Å². The average molecular weight is 426 g/mol. The molecule has 2 heterocycles. The Hall–Kier alpha value is -0.460. The van der Waals surface area contributed by atoms with E-state index in [0.717, 1.165) is 19.0 Å². The SMILES string of the molecule is COCCOCO[C@H]1C[N@+]2(Cc3ccccc3)CC[C@@H]3CC[C@H]1[C@@]32C.[Br-]. The third-order valence-electron chi connectivity index (χ3n) is 7.43. The third-order valence-corrected chi connectivity index (χ3v) is 7.43. The summed E-state index contributed by atoms with van der Waals surface area (Å²) in [5.74, 6) is 1.54. The van der Waals surface area contributed by atoms with Gasteiger partial charge < -0.3 is 35.7 Å². The number of methoxy groups -OCH3 is 1. The summed E-state index contributed by atoms with van der Waals surface area (Å²) in [7, 11) is 1.70. The van der Waals surface area contributed by atoms with Crippen molar-refractivity contribution in [3.63, 3.8) is 0 Å². The molecule has 26 heavy (non-hydrogen) atoms. The fraction of sp³-hybridized carbons (Fsp3) is 0.714. The van der Waals surface area contributed by atoms with Crippen LogP contribution in [0.5, 0.6) is 0 Å². The normalized spacial score (nSPS) is 37.5. The van der Waals surface area contributed by atoms with E-state index < -0.39 is 0 Å². The maximum Gasteiger partial charge on any atom is 0.147 e. The molecule has 1 aromatic rings. The van der Waals surface area contributed by atoms with Crippen molar-refractivity contribution in [2.75, 3.05) is 40.2 Å². The van der Waals surface area contributed by atoms with Crippen molar-refractivity contribution in [3.05, 3.63) is 35.9 Å². The van der Waals surface area contributed by atoms with Gasteiger partial charge in [-0.2, -0.15) is 0 Å². The molecule has 1 saturated carbocycles. The van der Waals surface area contributed by atoms with Crippen LogP contribution in [-0.2, 0) is 20.8 Å². The van der Waals surface area contributed by atoms with Gasteiger partial charge in [0.15, 0.2) is 0 Å². The summed E-state index contributed by atoms with van der Waals surface area (Å²) in [6.07, 6.45) is 4.41. The van der Waals surface area contributed by atoms with Crippen molar-refractivity contribution in [2.45, 2.75) is 44.4 Å². The summed E-state index contributed by atoms with van der Waals surface area (Å²) in [6, 6.07) is 11.0. The van der Waals surface area contributed by atoms with Crippen LogP contribution in [-0.4, -0.2) is 56.3 Å². The molecule has 0 N–H and O–H groups in total. The van der Waals surface area contributed by atoms with Gasteiger partial charge in [0.25, 0.3) is 0 Å². The van der Waals surface area contributed by atoms with Gasteiger partial charge in [-0.1, -0.05) is 30.3 Å². The van der Waals surface area contributed by atoms with Crippen LogP contribution in [0.1, 0.15) is 31.7 Å². The highest BCUT2D eigenvalue weighted by atomic mass is 79.9. The first-order valence-electron chi connectivity index (χ1n) is 9.78. The molecule has 4 rings (SSSR count). The number of ether oxygens (including phenoxy) is 3. The van der Waals surface area contributed by atoms with Crippen molar-refractivity contribution >= 4 is 0 Å². The largest absolute Gasteiger partial charge is 1.00 e. The lowest BCUT2D eigenvalue weighted by Crippen LogP contribution is -3.00. The van der Waals surface area contributed by atoms with Crippen LogP contribution in [0.25, 0.3) is 0 Å². The fourth-order valence-electron chi connectivity index (χ4n) is 6.16. The second kappa shape index (κ2) is 8.27. The van der Waals surface area contributed by atoms with Crippen LogP contribution in [0.15, 0.2) is 30.3 Å². The van der Waals surface area contributed by atoms with E-state index in [-0.39, 0.29) is 17.0 Å². The highest BCUT2D eigenvalue weighted by Crippen LogP contribution is 2.61. The quantitative estimate of drug-likeness (QED) is 0.338. The van der Waals surface area contributed by atoms with Crippen molar-refractivity contribution in [1.82, 2.24) is 0 Å². The number of hydrogen-bond donors (Lipinski definition) is 0. The van der Waals surface area contributed by atoms with Crippen molar-refractivity contribution in [1.29, 1.82) is 0 Å². The molecule has 2 saturated heterocycles. The van der Waals surface area contributed by atoms with Gasteiger partial charge in [0.05, 0.1) is 19.8 Å². The van der Waals surface area contributed by atoms with Crippen LogP contribution in [0.4, 0.5) is 0 Å². The minimum Gasteiger partial charge on any atom is -1.00 e. The molecule has 0 radical (unpaired) electrons. The first-order chi connectivity index (χ1) is 12.2. The molecular weight excluding hydrogens is 394 g/mol. The molecule has 3 aliphatic rings. The monoisotopic (exact) mass is 425 g/mol. The molecular formula is C21H32BrNO3. The number of rotatable bonds is 8. The topological polar surface area (TPSA) is 27.7 Å².